The van der Waals surface area contributed by atoms with Crippen molar-refractivity contribution >= 4 is 22.4 Å². The predicted octanol–water partition coefficient (Wildman–Crippen LogP) is 4.77. The predicted molar refractivity (Wildman–Crippen MR) is 156 cm³/mol. The monoisotopic (exact) mass is 563 g/mol. The molecule has 9 nitrogen and oxygen atoms in total. The van der Waals surface area contributed by atoms with Crippen LogP contribution in [0, 0.1) is 6.92 Å². The van der Waals surface area contributed by atoms with E-state index in [2.05, 4.69) is 10.1 Å². The first kappa shape index (κ1) is 25.0. The van der Waals surface area contributed by atoms with Gasteiger partial charge in [-0.15, -0.1) is 5.10 Å². The van der Waals surface area contributed by atoms with Gasteiger partial charge in [0.25, 0.3) is 5.56 Å². The molecule has 3 aromatic carbocycles. The number of aromatic nitrogens is 5. The summed E-state index contributed by atoms with van der Waals surface area (Å²) in [6.45, 7) is 4.85. The standard InChI is InChI=1S/C31H25N5O4S/c1-3-38-22-13-14-23(19(2)15-22)28-20(17-35(33-28)21-9-5-4-6-10-21)16-27-30(37)36-31(41-27)32-29(34-36)26-18-39-24-11-7-8-12-25(24)40-26/h4-17,26H,3,18H2,1-2H3/b27-16-. The summed E-state index contributed by atoms with van der Waals surface area (Å²) in [5.41, 5.74) is 4.22. The SMILES string of the molecule is CCOc1ccc(-c2nn(-c3ccccc3)cc2/C=c2\sc3nc(C4COc5ccccc5O4)nn3c2=O)c(C)c1. The first-order valence-corrected chi connectivity index (χ1v) is 14.1. The number of para-hydroxylation sites is 3. The van der Waals surface area contributed by atoms with E-state index in [9.17, 15) is 4.79 Å². The van der Waals surface area contributed by atoms with E-state index >= 15 is 0 Å². The molecule has 1 atom stereocenters. The molecule has 3 aromatic heterocycles. The van der Waals surface area contributed by atoms with Crippen LogP contribution in [0.2, 0.25) is 0 Å². The molecule has 0 N–H and O–H groups in total. The Balaban J connectivity index is 1.29. The van der Waals surface area contributed by atoms with Crippen molar-refractivity contribution in [2.24, 2.45) is 0 Å². The highest BCUT2D eigenvalue weighted by molar-refractivity contribution is 7.15. The van der Waals surface area contributed by atoms with Crippen molar-refractivity contribution in [2.75, 3.05) is 13.2 Å². The van der Waals surface area contributed by atoms with Gasteiger partial charge in [-0.1, -0.05) is 41.7 Å². The van der Waals surface area contributed by atoms with Crippen LogP contribution in [0.1, 0.15) is 30.0 Å². The summed E-state index contributed by atoms with van der Waals surface area (Å²) in [4.78, 5) is 18.6. The van der Waals surface area contributed by atoms with Crippen molar-refractivity contribution in [1.29, 1.82) is 0 Å². The van der Waals surface area contributed by atoms with Crippen molar-refractivity contribution in [3.63, 3.8) is 0 Å². The number of hydrogen-bond donors (Lipinski definition) is 0. The van der Waals surface area contributed by atoms with Gasteiger partial charge in [-0.25, -0.2) is 4.68 Å². The largest absolute Gasteiger partial charge is 0.494 e. The number of hydrogen-bond acceptors (Lipinski definition) is 8. The van der Waals surface area contributed by atoms with E-state index in [0.717, 1.165) is 33.8 Å². The van der Waals surface area contributed by atoms with Crippen LogP contribution < -0.4 is 24.3 Å². The van der Waals surface area contributed by atoms with Gasteiger partial charge in [-0.3, -0.25) is 4.79 Å². The van der Waals surface area contributed by atoms with E-state index in [0.29, 0.717) is 33.4 Å². The molecule has 0 amide bonds. The maximum absolute atomic E-state index is 13.5. The van der Waals surface area contributed by atoms with Crippen LogP contribution in [-0.4, -0.2) is 37.6 Å². The van der Waals surface area contributed by atoms with Crippen LogP contribution in [0.5, 0.6) is 17.2 Å². The molecular weight excluding hydrogens is 538 g/mol. The highest BCUT2D eigenvalue weighted by atomic mass is 32.1. The van der Waals surface area contributed by atoms with Crippen molar-refractivity contribution in [1.82, 2.24) is 24.4 Å². The average molecular weight is 564 g/mol. The minimum absolute atomic E-state index is 0.247. The van der Waals surface area contributed by atoms with Crippen LogP contribution in [0.4, 0.5) is 0 Å². The van der Waals surface area contributed by atoms with Crippen LogP contribution in [0.3, 0.4) is 0 Å². The molecule has 1 unspecified atom stereocenters. The lowest BCUT2D eigenvalue weighted by atomic mass is 10.0. The molecule has 0 spiro atoms. The quantitative estimate of drug-likeness (QED) is 0.288. The Labute approximate surface area is 238 Å². The molecular formula is C31H25N5O4S. The molecule has 1 aliphatic rings. The smallest absolute Gasteiger partial charge is 0.291 e. The third-order valence-electron chi connectivity index (χ3n) is 6.81. The summed E-state index contributed by atoms with van der Waals surface area (Å²) in [5.74, 6) is 2.53. The van der Waals surface area contributed by atoms with Gasteiger partial charge in [0.15, 0.2) is 23.4 Å². The van der Waals surface area contributed by atoms with Crippen LogP contribution in [0.15, 0.2) is 83.8 Å². The maximum atomic E-state index is 13.5. The van der Waals surface area contributed by atoms with Crippen molar-refractivity contribution < 1.29 is 14.2 Å². The lowest BCUT2D eigenvalue weighted by molar-refractivity contribution is 0.0852. The van der Waals surface area contributed by atoms with Crippen LogP contribution in [-0.2, 0) is 0 Å². The molecule has 0 aliphatic carbocycles. The first-order valence-electron chi connectivity index (χ1n) is 13.3. The number of aryl methyl sites for hydroxylation is 1. The summed E-state index contributed by atoms with van der Waals surface area (Å²) in [6, 6.07) is 23.3. The van der Waals surface area contributed by atoms with Gasteiger partial charge in [0, 0.05) is 17.3 Å². The number of thiazole rings is 1. The summed E-state index contributed by atoms with van der Waals surface area (Å²) in [6.07, 6.45) is 3.30. The zero-order chi connectivity index (χ0) is 27.9. The molecule has 7 rings (SSSR count). The second-order valence-electron chi connectivity index (χ2n) is 9.57. The number of ether oxygens (including phenoxy) is 3. The molecule has 0 fully saturated rings. The molecule has 10 heteroatoms. The molecule has 0 bridgehead atoms. The van der Waals surface area contributed by atoms with E-state index < -0.39 is 6.10 Å². The van der Waals surface area contributed by atoms with Gasteiger partial charge in [-0.05, 0) is 68.0 Å². The first-order chi connectivity index (χ1) is 20.1. The maximum Gasteiger partial charge on any atom is 0.291 e. The summed E-state index contributed by atoms with van der Waals surface area (Å²) < 4.78 is 21.2. The lowest BCUT2D eigenvalue weighted by Crippen LogP contribution is -2.26. The molecule has 0 radical (unpaired) electrons. The second-order valence-corrected chi connectivity index (χ2v) is 10.6. The minimum Gasteiger partial charge on any atom is -0.494 e. The fourth-order valence-corrected chi connectivity index (χ4v) is 5.75. The molecule has 0 saturated heterocycles. The third kappa shape index (κ3) is 4.62. The van der Waals surface area contributed by atoms with Gasteiger partial charge < -0.3 is 14.2 Å². The Morgan fingerprint density at radius 2 is 1.85 bits per heavy atom. The third-order valence-corrected chi connectivity index (χ3v) is 7.77. The van der Waals surface area contributed by atoms with Crippen molar-refractivity contribution in [3.8, 4) is 34.2 Å². The topological polar surface area (TPSA) is 92.8 Å². The number of nitrogens with zero attached hydrogens (tertiary/aromatic N) is 5. The van der Waals surface area contributed by atoms with Gasteiger partial charge >= 0.3 is 0 Å². The Kier molecular flexibility index (Phi) is 6.24. The zero-order valence-corrected chi connectivity index (χ0v) is 23.2. The molecule has 6 aromatic rings. The minimum atomic E-state index is -0.498. The van der Waals surface area contributed by atoms with E-state index in [1.54, 1.807) is 0 Å². The normalized spacial score (nSPS) is 15.0. The van der Waals surface area contributed by atoms with Crippen molar-refractivity contribution in [2.45, 2.75) is 20.0 Å². The Morgan fingerprint density at radius 1 is 1.05 bits per heavy atom. The molecule has 204 valence electrons. The highest BCUT2D eigenvalue weighted by Gasteiger charge is 2.27. The van der Waals surface area contributed by atoms with E-state index in [-0.39, 0.29) is 12.2 Å². The Hall–Kier alpha value is -4.96. The van der Waals surface area contributed by atoms with Gasteiger partial charge in [0.2, 0.25) is 4.96 Å². The summed E-state index contributed by atoms with van der Waals surface area (Å²) in [7, 11) is 0. The average Bonchev–Trinajstić information content (AvgIpc) is 3.68. The number of rotatable bonds is 6. The number of fused-ring (bicyclic) bond motifs is 2. The van der Waals surface area contributed by atoms with Crippen LogP contribution in [0.25, 0.3) is 28.0 Å². The van der Waals surface area contributed by atoms with E-state index in [1.165, 1.54) is 15.9 Å². The molecule has 0 saturated carbocycles. The van der Waals surface area contributed by atoms with Gasteiger partial charge in [0.05, 0.1) is 16.8 Å². The van der Waals surface area contributed by atoms with Crippen LogP contribution >= 0.6 is 11.3 Å². The van der Waals surface area contributed by atoms with E-state index in [4.69, 9.17) is 19.3 Å². The van der Waals surface area contributed by atoms with Crippen molar-refractivity contribution in [3.05, 3.63) is 111 Å². The zero-order valence-electron chi connectivity index (χ0n) is 22.4. The Bertz CT molecular complexity index is 2000. The Morgan fingerprint density at radius 3 is 2.63 bits per heavy atom. The second kappa shape index (κ2) is 10.2. The summed E-state index contributed by atoms with van der Waals surface area (Å²) >= 11 is 1.28. The fraction of sp³-hybridized carbons (Fsp3) is 0.161. The lowest BCUT2D eigenvalue weighted by Gasteiger charge is -2.24. The number of benzene rings is 3. The molecule has 1 aliphatic heterocycles. The molecule has 4 heterocycles. The highest BCUT2D eigenvalue weighted by Crippen LogP contribution is 2.35. The van der Waals surface area contributed by atoms with E-state index in [1.807, 2.05) is 104 Å². The summed E-state index contributed by atoms with van der Waals surface area (Å²) in [5, 5.41) is 9.42. The van der Waals surface area contributed by atoms with Gasteiger partial charge in [-0.2, -0.15) is 14.6 Å². The van der Waals surface area contributed by atoms with Gasteiger partial charge in [0.1, 0.15) is 18.1 Å². The molecule has 41 heavy (non-hydrogen) atoms. The fourth-order valence-electron chi connectivity index (χ4n) is 4.85.